The van der Waals surface area contributed by atoms with Gasteiger partial charge in [-0.2, -0.15) is 5.10 Å². The summed E-state index contributed by atoms with van der Waals surface area (Å²) in [6.45, 7) is 8.18. The lowest BCUT2D eigenvalue weighted by molar-refractivity contribution is 0.724. The van der Waals surface area contributed by atoms with Crippen molar-refractivity contribution >= 4 is 16.9 Å². The second kappa shape index (κ2) is 6.80. The van der Waals surface area contributed by atoms with Gasteiger partial charge in [0.15, 0.2) is 5.65 Å². The van der Waals surface area contributed by atoms with Gasteiger partial charge in [-0.3, -0.25) is 0 Å². The van der Waals surface area contributed by atoms with E-state index in [-0.39, 0.29) is 0 Å². The van der Waals surface area contributed by atoms with Crippen molar-refractivity contribution in [2.75, 3.05) is 31.1 Å². The van der Waals surface area contributed by atoms with Crippen LogP contribution in [0.2, 0.25) is 0 Å². The molecular weight excluding hydrogens is 312 g/mol. The predicted octanol–water partition coefficient (Wildman–Crippen LogP) is 2.49. The first kappa shape index (κ1) is 16.0. The molecule has 0 bridgehead atoms. The maximum absolute atomic E-state index is 4.89. The molecule has 0 saturated carbocycles. The molecule has 6 nitrogen and oxygen atoms in total. The molecule has 0 spiro atoms. The van der Waals surface area contributed by atoms with Crippen LogP contribution in [0.5, 0.6) is 0 Å². The molecule has 2 aromatic heterocycles. The van der Waals surface area contributed by atoms with E-state index in [4.69, 9.17) is 15.1 Å². The highest BCUT2D eigenvalue weighted by Crippen LogP contribution is 2.29. The highest BCUT2D eigenvalue weighted by Gasteiger charge is 2.21. The van der Waals surface area contributed by atoms with E-state index in [1.807, 2.05) is 22.9 Å². The fraction of sp³-hybridized carbons (Fsp3) is 0.421. The Kier molecular flexibility index (Phi) is 4.36. The number of anilines is 1. The number of rotatable bonds is 3. The zero-order chi connectivity index (χ0) is 17.2. The molecule has 4 rings (SSSR count). The molecule has 1 N–H and O–H groups in total. The minimum absolute atomic E-state index is 0.814. The summed E-state index contributed by atoms with van der Waals surface area (Å²) in [4.78, 5) is 12.1. The van der Waals surface area contributed by atoms with Crippen LogP contribution in [0.25, 0.3) is 16.7 Å². The van der Waals surface area contributed by atoms with Gasteiger partial charge in [0, 0.05) is 26.1 Å². The van der Waals surface area contributed by atoms with Crippen LogP contribution in [-0.4, -0.2) is 45.9 Å². The van der Waals surface area contributed by atoms with Crippen molar-refractivity contribution in [1.29, 1.82) is 0 Å². The maximum atomic E-state index is 4.89. The van der Waals surface area contributed by atoms with Crippen LogP contribution in [0.1, 0.15) is 24.9 Å². The largest absolute Gasteiger partial charge is 0.355 e. The molecule has 25 heavy (non-hydrogen) atoms. The molecule has 1 saturated heterocycles. The van der Waals surface area contributed by atoms with E-state index < -0.39 is 0 Å². The Hall–Kier alpha value is -2.47. The van der Waals surface area contributed by atoms with Crippen molar-refractivity contribution in [3.8, 4) is 5.69 Å². The van der Waals surface area contributed by atoms with Crippen molar-refractivity contribution in [3.63, 3.8) is 0 Å². The number of fused-ring (bicyclic) bond motifs is 1. The van der Waals surface area contributed by atoms with Gasteiger partial charge < -0.3 is 10.2 Å². The normalized spacial score (nSPS) is 15.5. The lowest BCUT2D eigenvalue weighted by atomic mass is 10.2. The number of hydrogen-bond donors (Lipinski definition) is 1. The lowest BCUT2D eigenvalue weighted by Gasteiger charge is -2.22. The molecule has 3 heterocycles. The summed E-state index contributed by atoms with van der Waals surface area (Å²) in [6.07, 6.45) is 1.94. The van der Waals surface area contributed by atoms with Crippen molar-refractivity contribution in [2.24, 2.45) is 0 Å². The number of nitrogens with zero attached hydrogens (tertiary/aromatic N) is 5. The summed E-state index contributed by atoms with van der Waals surface area (Å²) in [6, 6.07) is 10.2. The number of para-hydroxylation sites is 1. The molecule has 0 unspecified atom stereocenters. The lowest BCUT2D eigenvalue weighted by Crippen LogP contribution is -2.29. The van der Waals surface area contributed by atoms with Gasteiger partial charge >= 0.3 is 0 Å². The van der Waals surface area contributed by atoms with Gasteiger partial charge in [-0.05, 0) is 32.0 Å². The highest BCUT2D eigenvalue weighted by molar-refractivity contribution is 5.91. The van der Waals surface area contributed by atoms with E-state index in [9.17, 15) is 0 Å². The molecule has 1 aliphatic heterocycles. The van der Waals surface area contributed by atoms with Gasteiger partial charge in [0.25, 0.3) is 0 Å². The maximum Gasteiger partial charge on any atom is 0.168 e. The minimum atomic E-state index is 0.814. The summed E-state index contributed by atoms with van der Waals surface area (Å²) >= 11 is 0. The van der Waals surface area contributed by atoms with Crippen LogP contribution in [-0.2, 0) is 6.42 Å². The van der Waals surface area contributed by atoms with Crippen molar-refractivity contribution in [3.05, 3.63) is 41.9 Å². The summed E-state index contributed by atoms with van der Waals surface area (Å²) in [5, 5.41) is 9.32. The third kappa shape index (κ3) is 2.98. The van der Waals surface area contributed by atoms with Crippen molar-refractivity contribution in [2.45, 2.75) is 26.7 Å². The van der Waals surface area contributed by atoms with Gasteiger partial charge in [0.1, 0.15) is 11.6 Å². The van der Waals surface area contributed by atoms with Crippen LogP contribution < -0.4 is 10.2 Å². The summed E-state index contributed by atoms with van der Waals surface area (Å²) in [7, 11) is 0. The molecule has 0 radical (unpaired) electrons. The van der Waals surface area contributed by atoms with E-state index in [0.29, 0.717) is 0 Å². The van der Waals surface area contributed by atoms with E-state index >= 15 is 0 Å². The molecule has 1 aromatic carbocycles. The first-order valence-corrected chi connectivity index (χ1v) is 9.05. The van der Waals surface area contributed by atoms with Crippen LogP contribution in [0.4, 0.5) is 5.82 Å². The van der Waals surface area contributed by atoms with E-state index in [2.05, 4.69) is 36.2 Å². The Morgan fingerprint density at radius 2 is 1.92 bits per heavy atom. The van der Waals surface area contributed by atoms with E-state index in [1.54, 1.807) is 0 Å². The zero-order valence-electron chi connectivity index (χ0n) is 14.9. The van der Waals surface area contributed by atoms with Crippen molar-refractivity contribution in [1.82, 2.24) is 25.1 Å². The Morgan fingerprint density at radius 3 is 2.72 bits per heavy atom. The van der Waals surface area contributed by atoms with E-state index in [0.717, 1.165) is 73.1 Å². The van der Waals surface area contributed by atoms with Crippen LogP contribution >= 0.6 is 0 Å². The van der Waals surface area contributed by atoms with E-state index in [1.165, 1.54) is 0 Å². The third-order valence-electron chi connectivity index (χ3n) is 4.69. The molecule has 0 aliphatic carbocycles. The second-order valence-corrected chi connectivity index (χ2v) is 6.44. The van der Waals surface area contributed by atoms with Crippen LogP contribution in [0.15, 0.2) is 30.3 Å². The zero-order valence-corrected chi connectivity index (χ0v) is 14.9. The standard InChI is InChI=1S/C19H24N6/c1-3-16-21-18(24-12-7-10-20-11-13-24)17-14(2)23-25(19(17)22-16)15-8-5-4-6-9-15/h4-6,8-9,20H,3,7,10-13H2,1-2H3. The number of hydrogen-bond acceptors (Lipinski definition) is 5. The predicted molar refractivity (Wildman–Crippen MR) is 100 cm³/mol. The third-order valence-corrected chi connectivity index (χ3v) is 4.69. The summed E-state index contributed by atoms with van der Waals surface area (Å²) in [5.41, 5.74) is 2.92. The highest BCUT2D eigenvalue weighted by atomic mass is 15.3. The first-order chi connectivity index (χ1) is 12.3. The molecular formula is C19H24N6. The molecule has 0 atom stereocenters. The molecule has 1 fully saturated rings. The fourth-order valence-corrected chi connectivity index (χ4v) is 3.40. The first-order valence-electron chi connectivity index (χ1n) is 9.05. The second-order valence-electron chi connectivity index (χ2n) is 6.44. The Labute approximate surface area is 147 Å². The van der Waals surface area contributed by atoms with Gasteiger partial charge in [0.2, 0.25) is 0 Å². The van der Waals surface area contributed by atoms with Gasteiger partial charge in [0.05, 0.1) is 16.8 Å². The quantitative estimate of drug-likeness (QED) is 0.796. The Bertz CT molecular complexity index is 863. The number of aryl methyl sites for hydroxylation is 2. The summed E-state index contributed by atoms with van der Waals surface area (Å²) < 4.78 is 1.95. The van der Waals surface area contributed by atoms with Crippen LogP contribution in [0.3, 0.4) is 0 Å². The van der Waals surface area contributed by atoms with Gasteiger partial charge in [-0.15, -0.1) is 0 Å². The van der Waals surface area contributed by atoms with Gasteiger partial charge in [-0.1, -0.05) is 25.1 Å². The topological polar surface area (TPSA) is 58.9 Å². The summed E-state index contributed by atoms with van der Waals surface area (Å²) in [5.74, 6) is 1.90. The molecule has 6 heteroatoms. The van der Waals surface area contributed by atoms with Gasteiger partial charge in [-0.25, -0.2) is 14.6 Å². The smallest absolute Gasteiger partial charge is 0.168 e. The Balaban J connectivity index is 1.92. The SMILES string of the molecule is CCc1nc(N2CCCNCC2)c2c(C)nn(-c3ccccc3)c2n1. The fourth-order valence-electron chi connectivity index (χ4n) is 3.40. The molecule has 130 valence electrons. The minimum Gasteiger partial charge on any atom is -0.355 e. The molecule has 1 aliphatic rings. The Morgan fingerprint density at radius 1 is 1.08 bits per heavy atom. The van der Waals surface area contributed by atoms with Crippen LogP contribution in [0, 0.1) is 6.92 Å². The molecule has 0 amide bonds. The number of nitrogens with one attached hydrogen (secondary N) is 1. The average molecular weight is 336 g/mol. The number of aromatic nitrogens is 4. The van der Waals surface area contributed by atoms with Crippen molar-refractivity contribution < 1.29 is 0 Å². The number of benzene rings is 1. The monoisotopic (exact) mass is 336 g/mol. The average Bonchev–Trinajstić information content (AvgIpc) is 2.83. The molecule has 3 aromatic rings.